The van der Waals surface area contributed by atoms with Crippen LogP contribution in [0.15, 0.2) is 95.4 Å². The van der Waals surface area contributed by atoms with E-state index in [0.717, 1.165) is 17.0 Å². The van der Waals surface area contributed by atoms with Gasteiger partial charge in [0.25, 0.3) is 5.91 Å². The Labute approximate surface area is 217 Å². The van der Waals surface area contributed by atoms with Crippen molar-refractivity contribution in [3.63, 3.8) is 0 Å². The van der Waals surface area contributed by atoms with Crippen LogP contribution in [0.2, 0.25) is 0 Å². The molecule has 0 bridgehead atoms. The van der Waals surface area contributed by atoms with E-state index >= 15 is 0 Å². The Kier molecular flexibility index (Phi) is 6.59. The largest absolute Gasteiger partial charge is 0.846 e. The number of carbonyl (C=O) groups is 1. The fourth-order valence-corrected chi connectivity index (χ4v) is 4.72. The van der Waals surface area contributed by atoms with Crippen LogP contribution in [0.4, 0.5) is 18.9 Å². The third kappa shape index (κ3) is 4.83. The predicted molar refractivity (Wildman–Crippen MR) is 130 cm³/mol. The van der Waals surface area contributed by atoms with Gasteiger partial charge in [0, 0.05) is 30.8 Å². The number of halogens is 3. The first-order valence-electron chi connectivity index (χ1n) is 11.9. The van der Waals surface area contributed by atoms with Crippen LogP contribution >= 0.6 is 0 Å². The highest BCUT2D eigenvalue weighted by molar-refractivity contribution is 6.05. The molecule has 10 heteroatoms. The second-order valence-electron chi connectivity index (χ2n) is 8.99. The van der Waals surface area contributed by atoms with Crippen LogP contribution in [0.3, 0.4) is 0 Å². The molecule has 3 aromatic rings. The molecule has 1 aromatic heterocycles. The van der Waals surface area contributed by atoms with Crippen LogP contribution in [-0.4, -0.2) is 29.9 Å². The number of aliphatic imine (C=N–C) groups is 1. The van der Waals surface area contributed by atoms with Crippen molar-refractivity contribution in [3.8, 4) is 6.07 Å². The molecule has 0 fully saturated rings. The van der Waals surface area contributed by atoms with E-state index in [4.69, 9.17) is 5.26 Å². The van der Waals surface area contributed by atoms with Gasteiger partial charge in [-0.1, -0.05) is 24.3 Å². The number of amides is 1. The molecule has 2 aliphatic rings. The Balaban J connectivity index is 1.49. The Morgan fingerprint density at radius 1 is 1.08 bits per heavy atom. The van der Waals surface area contributed by atoms with E-state index in [9.17, 15) is 23.1 Å². The molecule has 7 nitrogen and oxygen atoms in total. The maximum atomic E-state index is 13.6. The second-order valence-corrected chi connectivity index (χ2v) is 8.99. The lowest BCUT2D eigenvalue weighted by molar-refractivity contribution is -0.697. The van der Waals surface area contributed by atoms with Crippen molar-refractivity contribution >= 4 is 17.6 Å². The first-order valence-corrected chi connectivity index (χ1v) is 11.9. The molecule has 5 rings (SSSR count). The van der Waals surface area contributed by atoms with E-state index in [2.05, 4.69) is 4.99 Å². The average Bonchev–Trinajstić information content (AvgIpc) is 3.24. The van der Waals surface area contributed by atoms with Crippen molar-refractivity contribution in [3.05, 3.63) is 107 Å². The van der Waals surface area contributed by atoms with Crippen molar-refractivity contribution < 1.29 is 27.6 Å². The number of alkyl halides is 3. The molecule has 0 spiro atoms. The quantitative estimate of drug-likeness (QED) is 0.470. The van der Waals surface area contributed by atoms with E-state index in [1.807, 2.05) is 41.2 Å². The number of carbonyl (C=O) groups excluding carboxylic acids is 1. The van der Waals surface area contributed by atoms with E-state index in [0.29, 0.717) is 36.3 Å². The van der Waals surface area contributed by atoms with Crippen LogP contribution in [0.25, 0.3) is 0 Å². The van der Waals surface area contributed by atoms with Crippen molar-refractivity contribution in [1.29, 1.82) is 5.26 Å². The van der Waals surface area contributed by atoms with Crippen molar-refractivity contribution in [2.24, 2.45) is 4.99 Å². The summed E-state index contributed by atoms with van der Waals surface area (Å²) < 4.78 is 42.3. The number of anilines is 1. The maximum Gasteiger partial charge on any atom is 0.416 e. The minimum Gasteiger partial charge on any atom is -0.846 e. The van der Waals surface area contributed by atoms with Crippen LogP contribution in [0.1, 0.15) is 29.2 Å². The minimum atomic E-state index is -4.60. The number of benzene rings is 2. The molecule has 0 aliphatic carbocycles. The number of nitrogens with zero attached hydrogens (tertiary/aromatic N) is 5. The number of aryl methyl sites for hydroxylation is 1. The standard InChI is InChI=1S/C28H22F3N5O2/c29-28(30,31)21-6-4-7-22(16-21)36-23-18-35(15-5-14-34-12-2-1-3-13-34)26(37)24(23)25(33-27(36)38)20-10-8-19(17-32)9-11-20/h1-4,6-13,16,25H,5,14-15,18H2. The fourth-order valence-electron chi connectivity index (χ4n) is 4.72. The summed E-state index contributed by atoms with van der Waals surface area (Å²) in [5.74, 6) is -0.319. The van der Waals surface area contributed by atoms with Crippen LogP contribution in [0.5, 0.6) is 0 Å². The summed E-state index contributed by atoms with van der Waals surface area (Å²) in [4.78, 5) is 20.6. The van der Waals surface area contributed by atoms with Crippen LogP contribution in [-0.2, 0) is 17.5 Å². The first kappa shape index (κ1) is 25.0. The topological polar surface area (TPSA) is 86.6 Å². The number of hydrogen-bond donors (Lipinski definition) is 0. The highest BCUT2D eigenvalue weighted by atomic mass is 19.4. The molecular formula is C28H22F3N5O2. The Morgan fingerprint density at radius 2 is 1.82 bits per heavy atom. The SMILES string of the molecule is N#Cc1ccc(C2N=C([O-])N(c3cccc(C(F)(F)F)c3)C3=C2C(=O)N(CCC[n+]2ccccc2)C3)cc1. The summed E-state index contributed by atoms with van der Waals surface area (Å²) >= 11 is 0. The van der Waals surface area contributed by atoms with E-state index < -0.39 is 23.8 Å². The van der Waals surface area contributed by atoms with Gasteiger partial charge in [-0.2, -0.15) is 18.4 Å². The normalized spacial score (nSPS) is 17.4. The number of pyridine rings is 1. The summed E-state index contributed by atoms with van der Waals surface area (Å²) in [6.45, 7) is 1.12. The molecule has 0 N–H and O–H groups in total. The zero-order chi connectivity index (χ0) is 26.9. The molecule has 2 aromatic carbocycles. The van der Waals surface area contributed by atoms with Gasteiger partial charge in [-0.05, 0) is 35.9 Å². The molecule has 0 saturated heterocycles. The van der Waals surface area contributed by atoms with E-state index in [1.54, 1.807) is 29.2 Å². The van der Waals surface area contributed by atoms with Gasteiger partial charge < -0.3 is 14.9 Å². The number of aromatic nitrogens is 1. The second kappa shape index (κ2) is 10.0. The van der Waals surface area contributed by atoms with Crippen molar-refractivity contribution in [2.75, 3.05) is 18.0 Å². The van der Waals surface area contributed by atoms with Gasteiger partial charge in [0.05, 0.1) is 41.0 Å². The molecule has 0 radical (unpaired) electrons. The van der Waals surface area contributed by atoms with Gasteiger partial charge in [0.15, 0.2) is 12.4 Å². The first-order chi connectivity index (χ1) is 18.3. The Hall–Kier alpha value is -4.65. The third-order valence-electron chi connectivity index (χ3n) is 6.55. The molecule has 38 heavy (non-hydrogen) atoms. The van der Waals surface area contributed by atoms with Crippen LogP contribution < -0.4 is 14.6 Å². The summed E-state index contributed by atoms with van der Waals surface area (Å²) in [6.07, 6.45) is -0.121. The van der Waals surface area contributed by atoms with E-state index in [-0.39, 0.29) is 23.7 Å². The third-order valence-corrected chi connectivity index (χ3v) is 6.55. The van der Waals surface area contributed by atoms with Gasteiger partial charge in [-0.3, -0.25) is 9.79 Å². The van der Waals surface area contributed by atoms with E-state index in [1.165, 1.54) is 12.1 Å². The summed E-state index contributed by atoms with van der Waals surface area (Å²) in [5.41, 5.74) is 0.612. The predicted octanol–water partition coefficient (Wildman–Crippen LogP) is 3.33. The van der Waals surface area contributed by atoms with Gasteiger partial charge in [-0.25, -0.2) is 4.57 Å². The molecule has 3 heterocycles. The summed E-state index contributed by atoms with van der Waals surface area (Å²) in [7, 11) is 0. The minimum absolute atomic E-state index is 0.00570. The van der Waals surface area contributed by atoms with Gasteiger partial charge in [0.2, 0.25) is 0 Å². The molecular weight excluding hydrogens is 495 g/mol. The lowest BCUT2D eigenvalue weighted by atomic mass is 9.95. The highest BCUT2D eigenvalue weighted by Crippen LogP contribution is 2.41. The lowest BCUT2D eigenvalue weighted by Crippen LogP contribution is -2.44. The molecule has 2 aliphatic heterocycles. The van der Waals surface area contributed by atoms with Gasteiger partial charge in [0.1, 0.15) is 12.6 Å². The number of rotatable bonds is 6. The van der Waals surface area contributed by atoms with Gasteiger partial charge >= 0.3 is 6.18 Å². The smallest absolute Gasteiger partial charge is 0.416 e. The average molecular weight is 518 g/mol. The molecule has 1 unspecified atom stereocenters. The van der Waals surface area contributed by atoms with Crippen LogP contribution in [0, 0.1) is 11.3 Å². The van der Waals surface area contributed by atoms with Gasteiger partial charge in [-0.15, -0.1) is 0 Å². The number of amidine groups is 1. The Morgan fingerprint density at radius 3 is 2.50 bits per heavy atom. The summed E-state index contributed by atoms with van der Waals surface area (Å²) in [5, 5.41) is 22.4. The molecule has 1 amide bonds. The molecule has 1 atom stereocenters. The number of nitriles is 1. The maximum absolute atomic E-state index is 13.6. The molecule has 192 valence electrons. The molecule has 0 saturated carbocycles. The highest BCUT2D eigenvalue weighted by Gasteiger charge is 2.41. The zero-order valence-corrected chi connectivity index (χ0v) is 20.1. The fraction of sp³-hybridized carbons (Fsp3) is 0.214. The van der Waals surface area contributed by atoms with Crippen molar-refractivity contribution in [2.45, 2.75) is 25.2 Å². The lowest BCUT2D eigenvalue weighted by Gasteiger charge is -2.36. The summed E-state index contributed by atoms with van der Waals surface area (Å²) in [6, 6.07) is 16.9. The monoisotopic (exact) mass is 517 g/mol. The van der Waals surface area contributed by atoms with Crippen molar-refractivity contribution in [1.82, 2.24) is 4.90 Å². The Bertz CT molecular complexity index is 1460. The number of hydrogen-bond acceptors (Lipinski definition) is 5. The zero-order valence-electron chi connectivity index (χ0n) is 20.1.